The number of hydrogen-bond acceptors (Lipinski definition) is 6. The Balaban J connectivity index is 1.32. The van der Waals surface area contributed by atoms with Crippen LogP contribution in [0, 0.1) is 6.92 Å². The van der Waals surface area contributed by atoms with Crippen LogP contribution in [0.1, 0.15) is 37.6 Å². The fourth-order valence-corrected chi connectivity index (χ4v) is 4.59. The smallest absolute Gasteiger partial charge is 0.324 e. The highest BCUT2D eigenvalue weighted by atomic mass is 16.5. The Labute approximate surface area is 229 Å². The molecule has 9 nitrogen and oxygen atoms in total. The fraction of sp³-hybridized carbons (Fsp3) is 0.400. The normalized spacial score (nSPS) is 15.4. The quantitative estimate of drug-likeness (QED) is 0.434. The number of nitrogens with one attached hydrogen (secondary N) is 2. The van der Waals surface area contributed by atoms with Crippen molar-refractivity contribution in [3.8, 4) is 17.2 Å². The van der Waals surface area contributed by atoms with Gasteiger partial charge in [0.05, 0.1) is 35.8 Å². The Morgan fingerprint density at radius 1 is 1.10 bits per heavy atom. The summed E-state index contributed by atoms with van der Waals surface area (Å²) in [5, 5.41) is 10.8. The molecule has 206 valence electrons. The molecule has 0 aliphatic carbocycles. The van der Waals surface area contributed by atoms with Crippen LogP contribution in [-0.4, -0.2) is 66.8 Å². The number of ether oxygens (including phenoxy) is 3. The predicted octanol–water partition coefficient (Wildman–Crippen LogP) is 5.24. The summed E-state index contributed by atoms with van der Waals surface area (Å²) in [4.78, 5) is 15.6. The van der Waals surface area contributed by atoms with Crippen LogP contribution in [0.25, 0.3) is 11.8 Å². The Kier molecular flexibility index (Phi) is 7.90. The standard InChI is InChI=1S/C30H37N5O4/c1-21-7-5-8-22(19-21)35-27(20-26(33-35)30(2,3)4)32-29(36)31-24-10-11-25(23-9-6-15-39-28(23)24)38-18-14-34-12-16-37-17-13-34/h5-11,19-20H,12-18H2,1-4H3,(H2,31,32,36). The number of aromatic nitrogens is 2. The van der Waals surface area contributed by atoms with E-state index in [1.165, 1.54) is 0 Å². The third-order valence-corrected chi connectivity index (χ3v) is 6.75. The first-order chi connectivity index (χ1) is 18.8. The molecule has 3 heterocycles. The van der Waals surface area contributed by atoms with Crippen molar-refractivity contribution in [1.29, 1.82) is 0 Å². The van der Waals surface area contributed by atoms with Crippen LogP contribution in [-0.2, 0) is 10.2 Å². The summed E-state index contributed by atoms with van der Waals surface area (Å²) in [6.45, 7) is 13.5. The van der Waals surface area contributed by atoms with Crippen molar-refractivity contribution in [2.75, 3.05) is 56.7 Å². The number of benzene rings is 2. The van der Waals surface area contributed by atoms with Gasteiger partial charge < -0.3 is 19.5 Å². The van der Waals surface area contributed by atoms with Gasteiger partial charge in [-0.3, -0.25) is 10.2 Å². The van der Waals surface area contributed by atoms with E-state index in [2.05, 4.69) is 36.3 Å². The number of anilines is 2. The lowest BCUT2D eigenvalue weighted by atomic mass is 9.92. The number of carbonyl (C=O) groups is 1. The molecule has 2 aliphatic rings. The summed E-state index contributed by atoms with van der Waals surface area (Å²) >= 11 is 0. The first-order valence-electron chi connectivity index (χ1n) is 13.4. The van der Waals surface area contributed by atoms with Gasteiger partial charge in [0.2, 0.25) is 0 Å². The zero-order valence-electron chi connectivity index (χ0n) is 23.1. The van der Waals surface area contributed by atoms with Crippen molar-refractivity contribution >= 4 is 23.6 Å². The van der Waals surface area contributed by atoms with Crippen molar-refractivity contribution in [2.45, 2.75) is 33.1 Å². The number of rotatable bonds is 7. The topological polar surface area (TPSA) is 89.9 Å². The number of amides is 2. The van der Waals surface area contributed by atoms with E-state index >= 15 is 0 Å². The van der Waals surface area contributed by atoms with Crippen molar-refractivity contribution in [2.24, 2.45) is 0 Å². The first kappa shape index (κ1) is 26.8. The van der Waals surface area contributed by atoms with Crippen LogP contribution in [0.3, 0.4) is 0 Å². The van der Waals surface area contributed by atoms with Crippen LogP contribution < -0.4 is 20.1 Å². The zero-order valence-corrected chi connectivity index (χ0v) is 23.1. The molecule has 0 spiro atoms. The van der Waals surface area contributed by atoms with Gasteiger partial charge in [0, 0.05) is 31.1 Å². The molecule has 2 aromatic carbocycles. The average molecular weight is 532 g/mol. The lowest BCUT2D eigenvalue weighted by Gasteiger charge is -2.26. The van der Waals surface area contributed by atoms with Crippen LogP contribution in [0.4, 0.5) is 16.3 Å². The number of hydrogen-bond donors (Lipinski definition) is 2. The second-order valence-electron chi connectivity index (χ2n) is 10.9. The summed E-state index contributed by atoms with van der Waals surface area (Å²) in [5.74, 6) is 1.91. The molecule has 1 fully saturated rings. The molecular formula is C30H37N5O4. The third kappa shape index (κ3) is 6.43. The molecule has 1 saturated heterocycles. The molecule has 0 bridgehead atoms. The van der Waals surface area contributed by atoms with Gasteiger partial charge in [-0.2, -0.15) is 5.10 Å². The first-order valence-corrected chi connectivity index (χ1v) is 13.4. The highest BCUT2D eigenvalue weighted by molar-refractivity contribution is 6.01. The molecule has 1 aromatic heterocycles. The molecule has 39 heavy (non-hydrogen) atoms. The number of urea groups is 1. The molecular weight excluding hydrogens is 494 g/mol. The summed E-state index contributed by atoms with van der Waals surface area (Å²) in [6.07, 6.45) is 3.92. The summed E-state index contributed by atoms with van der Waals surface area (Å²) in [6, 6.07) is 13.3. The maximum atomic E-state index is 13.2. The number of aryl methyl sites for hydroxylation is 1. The Bertz CT molecular complexity index is 1350. The molecule has 5 rings (SSSR count). The van der Waals surface area contributed by atoms with Crippen molar-refractivity contribution in [1.82, 2.24) is 14.7 Å². The minimum Gasteiger partial charge on any atom is -0.491 e. The molecule has 2 aliphatic heterocycles. The molecule has 0 atom stereocenters. The van der Waals surface area contributed by atoms with Crippen molar-refractivity contribution < 1.29 is 19.0 Å². The van der Waals surface area contributed by atoms with Gasteiger partial charge in [0.25, 0.3) is 0 Å². The SMILES string of the molecule is Cc1cccc(-n2nc(C(C)(C)C)cc2NC(=O)Nc2ccc(OCCN3CCOCC3)c3c2OCC=C3)c1. The molecule has 0 unspecified atom stereocenters. The van der Waals surface area contributed by atoms with Gasteiger partial charge in [-0.05, 0) is 48.9 Å². The van der Waals surface area contributed by atoms with E-state index in [1.54, 1.807) is 4.68 Å². The lowest BCUT2D eigenvalue weighted by molar-refractivity contribution is 0.0322. The highest BCUT2D eigenvalue weighted by Gasteiger charge is 2.23. The van der Waals surface area contributed by atoms with Crippen LogP contribution >= 0.6 is 0 Å². The highest BCUT2D eigenvalue weighted by Crippen LogP contribution is 2.39. The minimum absolute atomic E-state index is 0.182. The molecule has 9 heteroatoms. The van der Waals surface area contributed by atoms with Gasteiger partial charge in [-0.25, -0.2) is 9.48 Å². The van der Waals surface area contributed by atoms with E-state index < -0.39 is 0 Å². The van der Waals surface area contributed by atoms with E-state index in [1.807, 2.05) is 61.5 Å². The van der Waals surface area contributed by atoms with Gasteiger partial charge >= 0.3 is 6.03 Å². The van der Waals surface area contributed by atoms with E-state index in [9.17, 15) is 4.79 Å². The number of carbonyl (C=O) groups excluding carboxylic acids is 1. The van der Waals surface area contributed by atoms with Gasteiger partial charge in [-0.15, -0.1) is 0 Å². The van der Waals surface area contributed by atoms with Gasteiger partial charge in [-0.1, -0.05) is 32.9 Å². The number of morpholine rings is 1. The van der Waals surface area contributed by atoms with Crippen LogP contribution in [0.15, 0.2) is 48.5 Å². The average Bonchev–Trinajstić information content (AvgIpc) is 3.35. The van der Waals surface area contributed by atoms with Gasteiger partial charge in [0.1, 0.15) is 24.8 Å². The van der Waals surface area contributed by atoms with E-state index in [0.29, 0.717) is 30.5 Å². The Morgan fingerprint density at radius 2 is 1.92 bits per heavy atom. The van der Waals surface area contributed by atoms with Crippen molar-refractivity contribution in [3.05, 3.63) is 65.4 Å². The Morgan fingerprint density at radius 3 is 2.69 bits per heavy atom. The summed E-state index contributed by atoms with van der Waals surface area (Å²) in [5.41, 5.74) is 4.08. The molecule has 2 N–H and O–H groups in total. The second-order valence-corrected chi connectivity index (χ2v) is 10.9. The van der Waals surface area contributed by atoms with E-state index in [0.717, 1.165) is 61.1 Å². The van der Waals surface area contributed by atoms with Gasteiger partial charge in [0.15, 0.2) is 5.75 Å². The number of nitrogens with zero attached hydrogens (tertiary/aromatic N) is 3. The third-order valence-electron chi connectivity index (χ3n) is 6.75. The van der Waals surface area contributed by atoms with Crippen LogP contribution in [0.5, 0.6) is 11.5 Å². The maximum Gasteiger partial charge on any atom is 0.324 e. The van der Waals surface area contributed by atoms with E-state index in [4.69, 9.17) is 19.3 Å². The Hall–Kier alpha value is -3.82. The summed E-state index contributed by atoms with van der Waals surface area (Å²) < 4.78 is 19.3. The molecule has 3 aromatic rings. The minimum atomic E-state index is -0.384. The number of fused-ring (bicyclic) bond motifs is 1. The molecule has 0 radical (unpaired) electrons. The monoisotopic (exact) mass is 531 g/mol. The molecule has 0 saturated carbocycles. The fourth-order valence-electron chi connectivity index (χ4n) is 4.59. The summed E-state index contributed by atoms with van der Waals surface area (Å²) in [7, 11) is 0. The molecule has 2 amide bonds. The van der Waals surface area contributed by atoms with Crippen molar-refractivity contribution in [3.63, 3.8) is 0 Å². The maximum absolute atomic E-state index is 13.2. The second kappa shape index (κ2) is 11.5. The largest absolute Gasteiger partial charge is 0.491 e. The lowest BCUT2D eigenvalue weighted by Crippen LogP contribution is -2.38. The van der Waals surface area contributed by atoms with Crippen LogP contribution in [0.2, 0.25) is 0 Å². The zero-order chi connectivity index (χ0) is 27.4. The van der Waals surface area contributed by atoms with E-state index in [-0.39, 0.29) is 11.4 Å². The predicted molar refractivity (Wildman–Crippen MR) is 153 cm³/mol.